The first-order valence-electron chi connectivity index (χ1n) is 8.70. The van der Waals surface area contributed by atoms with E-state index in [1.807, 2.05) is 54.9 Å². The number of nitriles is 1. The molecule has 1 aromatic heterocycles. The number of nitrogens with zero attached hydrogens (tertiary/aromatic N) is 3. The summed E-state index contributed by atoms with van der Waals surface area (Å²) >= 11 is 0. The molecule has 0 saturated heterocycles. The SMILES string of the molecule is CC1(C)C(=O)C(C#N)=C[C@]2(C)c3nn(-c4ccccc4)cc3CC[C@@H]12. The van der Waals surface area contributed by atoms with Crippen molar-refractivity contribution in [3.63, 3.8) is 0 Å². The molecule has 126 valence electrons. The summed E-state index contributed by atoms with van der Waals surface area (Å²) in [5.41, 5.74) is 2.56. The molecular weight excluding hydrogens is 310 g/mol. The summed E-state index contributed by atoms with van der Waals surface area (Å²) < 4.78 is 1.92. The quantitative estimate of drug-likeness (QED) is 0.799. The number of ketones is 1. The maximum Gasteiger partial charge on any atom is 0.178 e. The Labute approximate surface area is 147 Å². The van der Waals surface area contributed by atoms with Crippen LogP contribution in [0.4, 0.5) is 0 Å². The maximum atomic E-state index is 12.7. The van der Waals surface area contributed by atoms with Crippen LogP contribution in [0.3, 0.4) is 0 Å². The molecule has 1 heterocycles. The fourth-order valence-corrected chi connectivity index (χ4v) is 4.76. The van der Waals surface area contributed by atoms with Gasteiger partial charge in [0.15, 0.2) is 5.78 Å². The van der Waals surface area contributed by atoms with Gasteiger partial charge in [0.1, 0.15) is 6.07 Å². The maximum absolute atomic E-state index is 12.7. The van der Waals surface area contributed by atoms with Crippen LogP contribution in [0.5, 0.6) is 0 Å². The van der Waals surface area contributed by atoms with Crippen molar-refractivity contribution in [3.05, 3.63) is 59.4 Å². The van der Waals surface area contributed by atoms with Crippen molar-refractivity contribution >= 4 is 5.78 Å². The number of hydrogen-bond acceptors (Lipinski definition) is 3. The van der Waals surface area contributed by atoms with Crippen molar-refractivity contribution in [1.82, 2.24) is 9.78 Å². The van der Waals surface area contributed by atoms with E-state index >= 15 is 0 Å². The van der Waals surface area contributed by atoms with Crippen molar-refractivity contribution in [2.24, 2.45) is 11.3 Å². The van der Waals surface area contributed by atoms with E-state index in [2.05, 4.69) is 19.2 Å². The van der Waals surface area contributed by atoms with Crippen molar-refractivity contribution in [1.29, 1.82) is 5.26 Å². The number of para-hydroxylation sites is 1. The summed E-state index contributed by atoms with van der Waals surface area (Å²) in [7, 11) is 0. The van der Waals surface area contributed by atoms with Crippen LogP contribution >= 0.6 is 0 Å². The number of fused-ring (bicyclic) bond motifs is 3. The third kappa shape index (κ3) is 2.12. The highest BCUT2D eigenvalue weighted by atomic mass is 16.1. The van der Waals surface area contributed by atoms with Crippen LogP contribution in [-0.4, -0.2) is 15.6 Å². The van der Waals surface area contributed by atoms with E-state index < -0.39 is 10.8 Å². The summed E-state index contributed by atoms with van der Waals surface area (Å²) in [6, 6.07) is 12.2. The average molecular weight is 331 g/mol. The highest BCUT2D eigenvalue weighted by molar-refractivity contribution is 6.04. The van der Waals surface area contributed by atoms with Crippen LogP contribution in [-0.2, 0) is 16.6 Å². The number of Topliss-reactive ketones (excluding diaryl/α,β-unsaturated/α-hetero) is 1. The highest BCUT2D eigenvalue weighted by Crippen LogP contribution is 2.54. The average Bonchev–Trinajstić information content (AvgIpc) is 3.05. The van der Waals surface area contributed by atoms with E-state index in [4.69, 9.17) is 5.10 Å². The second-order valence-corrected chi connectivity index (χ2v) is 7.88. The minimum atomic E-state index is -0.553. The summed E-state index contributed by atoms with van der Waals surface area (Å²) in [6.45, 7) is 6.08. The van der Waals surface area contributed by atoms with E-state index in [0.29, 0.717) is 0 Å². The van der Waals surface area contributed by atoms with Crippen molar-refractivity contribution < 1.29 is 4.79 Å². The molecule has 2 aliphatic carbocycles. The number of carbonyl (C=O) groups is 1. The van der Waals surface area contributed by atoms with Crippen molar-refractivity contribution in [2.75, 3.05) is 0 Å². The number of benzene rings is 1. The Hall–Kier alpha value is -2.67. The van der Waals surface area contributed by atoms with Crippen molar-refractivity contribution in [2.45, 2.75) is 39.0 Å². The molecule has 0 N–H and O–H groups in total. The molecule has 0 spiro atoms. The van der Waals surface area contributed by atoms with Gasteiger partial charge in [-0.3, -0.25) is 4.79 Å². The zero-order chi connectivity index (χ0) is 17.8. The lowest BCUT2D eigenvalue weighted by atomic mass is 9.52. The number of hydrogen-bond donors (Lipinski definition) is 0. The zero-order valence-electron chi connectivity index (χ0n) is 14.8. The Morgan fingerprint density at radius 3 is 2.64 bits per heavy atom. The summed E-state index contributed by atoms with van der Waals surface area (Å²) in [6.07, 6.45) is 5.80. The lowest BCUT2D eigenvalue weighted by Gasteiger charge is -2.49. The smallest absolute Gasteiger partial charge is 0.178 e. The Morgan fingerprint density at radius 2 is 1.96 bits per heavy atom. The molecule has 0 aliphatic heterocycles. The van der Waals surface area contributed by atoms with E-state index in [1.165, 1.54) is 5.56 Å². The van der Waals surface area contributed by atoms with Gasteiger partial charge in [-0.1, -0.05) is 45.0 Å². The summed E-state index contributed by atoms with van der Waals surface area (Å²) in [5, 5.41) is 14.4. The van der Waals surface area contributed by atoms with E-state index in [1.54, 1.807) is 0 Å². The predicted molar refractivity (Wildman–Crippen MR) is 95.2 cm³/mol. The number of allylic oxidation sites excluding steroid dienone is 2. The first kappa shape index (κ1) is 15.8. The Morgan fingerprint density at radius 1 is 1.24 bits per heavy atom. The standard InChI is InChI=1S/C21H21N3O/c1-20(2)17-10-9-14-13-24(16-7-5-4-6-8-16)23-18(14)21(17,3)11-15(12-22)19(20)25/h4-8,11,13,17H,9-10H2,1-3H3/t17-,21-/m0/s1. The third-order valence-corrected chi connectivity index (χ3v) is 6.01. The molecule has 0 fully saturated rings. The van der Waals surface area contributed by atoms with Gasteiger partial charge < -0.3 is 0 Å². The third-order valence-electron chi connectivity index (χ3n) is 6.01. The van der Waals surface area contributed by atoms with Gasteiger partial charge in [0.05, 0.1) is 17.0 Å². The molecule has 1 aromatic carbocycles. The van der Waals surface area contributed by atoms with E-state index in [9.17, 15) is 10.1 Å². The molecule has 25 heavy (non-hydrogen) atoms. The minimum Gasteiger partial charge on any atom is -0.293 e. The molecule has 2 aliphatic rings. The molecule has 4 heteroatoms. The number of rotatable bonds is 1. The first-order valence-corrected chi connectivity index (χ1v) is 8.70. The largest absolute Gasteiger partial charge is 0.293 e. The van der Waals surface area contributed by atoms with Crippen LogP contribution in [0.25, 0.3) is 5.69 Å². The van der Waals surface area contributed by atoms with Gasteiger partial charge in [0.2, 0.25) is 0 Å². The Balaban J connectivity index is 1.91. The molecule has 2 aromatic rings. The molecule has 0 bridgehead atoms. The van der Waals surface area contributed by atoms with Crippen LogP contribution in [0, 0.1) is 22.7 Å². The zero-order valence-corrected chi connectivity index (χ0v) is 14.8. The second kappa shape index (κ2) is 5.16. The number of aromatic nitrogens is 2. The normalized spacial score (nSPS) is 27.0. The van der Waals surface area contributed by atoms with Gasteiger partial charge in [0, 0.05) is 17.0 Å². The molecule has 0 unspecified atom stereocenters. The molecule has 0 radical (unpaired) electrons. The highest BCUT2D eigenvalue weighted by Gasteiger charge is 2.54. The summed E-state index contributed by atoms with van der Waals surface area (Å²) in [4.78, 5) is 12.7. The fourth-order valence-electron chi connectivity index (χ4n) is 4.76. The molecular formula is C21H21N3O. The second-order valence-electron chi connectivity index (χ2n) is 7.88. The Kier molecular flexibility index (Phi) is 3.27. The van der Waals surface area contributed by atoms with Gasteiger partial charge in [0.25, 0.3) is 0 Å². The number of aryl methyl sites for hydroxylation is 1. The van der Waals surface area contributed by atoms with Crippen LogP contribution < -0.4 is 0 Å². The van der Waals surface area contributed by atoms with Gasteiger partial charge in [-0.25, -0.2) is 4.68 Å². The van der Waals surface area contributed by atoms with E-state index in [0.717, 1.165) is 24.2 Å². The Bertz CT molecular complexity index is 930. The summed E-state index contributed by atoms with van der Waals surface area (Å²) in [5.74, 6) is 0.111. The minimum absolute atomic E-state index is 0.0385. The molecule has 0 saturated carbocycles. The van der Waals surface area contributed by atoms with Crippen LogP contribution in [0.2, 0.25) is 0 Å². The fraction of sp³-hybridized carbons (Fsp3) is 0.381. The molecule has 0 amide bonds. The van der Waals surface area contributed by atoms with Crippen LogP contribution in [0.15, 0.2) is 48.2 Å². The predicted octanol–water partition coefficient (Wildman–Crippen LogP) is 3.75. The molecule has 4 rings (SSSR count). The first-order chi connectivity index (χ1) is 11.9. The van der Waals surface area contributed by atoms with Gasteiger partial charge in [-0.15, -0.1) is 0 Å². The molecule has 2 atom stereocenters. The lowest BCUT2D eigenvalue weighted by Crippen LogP contribution is -2.51. The van der Waals surface area contributed by atoms with Gasteiger partial charge in [-0.2, -0.15) is 10.4 Å². The van der Waals surface area contributed by atoms with Crippen LogP contribution in [0.1, 0.15) is 38.4 Å². The van der Waals surface area contributed by atoms with Gasteiger partial charge >= 0.3 is 0 Å². The monoisotopic (exact) mass is 331 g/mol. The van der Waals surface area contributed by atoms with Crippen molar-refractivity contribution in [3.8, 4) is 11.8 Å². The number of carbonyl (C=O) groups excluding carboxylic acids is 1. The molecule has 4 nitrogen and oxygen atoms in total. The van der Waals surface area contributed by atoms with Gasteiger partial charge in [-0.05, 0) is 36.5 Å². The topological polar surface area (TPSA) is 58.7 Å². The van der Waals surface area contributed by atoms with E-state index in [-0.39, 0.29) is 17.3 Å². The lowest BCUT2D eigenvalue weighted by molar-refractivity contribution is -0.128.